The van der Waals surface area contributed by atoms with Crippen LogP contribution in [0.5, 0.6) is 0 Å². The molecule has 2 rings (SSSR count). The number of carbonyl (C=O) groups excluding carboxylic acids is 1. The average molecular weight is 290 g/mol. The molecule has 0 spiro atoms. The maximum atomic E-state index is 11.9. The number of hydrogen-bond donors (Lipinski definition) is 2. The van der Waals surface area contributed by atoms with E-state index >= 15 is 0 Å². The number of primary amides is 1. The topological polar surface area (TPSA) is 75.6 Å². The summed E-state index contributed by atoms with van der Waals surface area (Å²) in [5, 5.41) is 0. The van der Waals surface area contributed by atoms with Gasteiger partial charge in [0.25, 0.3) is 0 Å². The van der Waals surface area contributed by atoms with Gasteiger partial charge in [-0.15, -0.1) is 0 Å². The van der Waals surface area contributed by atoms with Crippen LogP contribution in [0.2, 0.25) is 0 Å². The van der Waals surface area contributed by atoms with Gasteiger partial charge >= 0.3 is 0 Å². The van der Waals surface area contributed by atoms with Crippen LogP contribution in [0.15, 0.2) is 30.3 Å². The average Bonchev–Trinajstić information content (AvgIpc) is 2.46. The smallest absolute Gasteiger partial charge is 0.242 e. The van der Waals surface area contributed by atoms with Crippen LogP contribution < -0.4 is 11.5 Å². The van der Waals surface area contributed by atoms with Gasteiger partial charge in [0.05, 0.1) is 0 Å². The fourth-order valence-corrected chi connectivity index (χ4v) is 2.97. The van der Waals surface area contributed by atoms with Crippen LogP contribution in [-0.2, 0) is 10.3 Å². The van der Waals surface area contributed by atoms with Crippen molar-refractivity contribution in [2.75, 3.05) is 33.2 Å². The first-order valence-corrected chi connectivity index (χ1v) is 7.50. The molecule has 2 unspecified atom stereocenters. The van der Waals surface area contributed by atoms with Crippen LogP contribution in [0.1, 0.15) is 18.9 Å². The highest BCUT2D eigenvalue weighted by molar-refractivity contribution is 5.85. The summed E-state index contributed by atoms with van der Waals surface area (Å²) in [7, 11) is 2.13. The van der Waals surface area contributed by atoms with E-state index < -0.39 is 11.4 Å². The normalized spacial score (nSPS) is 23.7. The van der Waals surface area contributed by atoms with Crippen LogP contribution in [-0.4, -0.2) is 55.0 Å². The Morgan fingerprint density at radius 1 is 1.33 bits per heavy atom. The third-order valence-electron chi connectivity index (χ3n) is 4.49. The van der Waals surface area contributed by atoms with E-state index in [0.29, 0.717) is 12.5 Å². The van der Waals surface area contributed by atoms with Gasteiger partial charge < -0.3 is 16.4 Å². The fraction of sp³-hybridized carbons (Fsp3) is 0.562. The summed E-state index contributed by atoms with van der Waals surface area (Å²) in [6, 6.07) is 9.90. The maximum Gasteiger partial charge on any atom is 0.242 e. The van der Waals surface area contributed by atoms with Gasteiger partial charge in [-0.05, 0) is 26.0 Å². The Morgan fingerprint density at radius 2 is 2.00 bits per heavy atom. The third-order valence-corrected chi connectivity index (χ3v) is 4.49. The maximum absolute atomic E-state index is 11.9. The second kappa shape index (κ2) is 6.56. The van der Waals surface area contributed by atoms with Gasteiger partial charge in [-0.25, -0.2) is 0 Å². The lowest BCUT2D eigenvalue weighted by molar-refractivity contribution is -0.124. The lowest BCUT2D eigenvalue weighted by atomic mass is 9.86. The van der Waals surface area contributed by atoms with E-state index in [-0.39, 0.29) is 0 Å². The Balaban J connectivity index is 2.06. The zero-order valence-electron chi connectivity index (χ0n) is 13.0. The van der Waals surface area contributed by atoms with Gasteiger partial charge in [0.15, 0.2) is 0 Å². The van der Waals surface area contributed by atoms with Crippen LogP contribution in [0.25, 0.3) is 0 Å². The quantitative estimate of drug-likeness (QED) is 0.820. The minimum Gasteiger partial charge on any atom is -0.368 e. The Bertz CT molecular complexity index is 478. The predicted molar refractivity (Wildman–Crippen MR) is 84.7 cm³/mol. The molecule has 1 fully saturated rings. The van der Waals surface area contributed by atoms with Crippen molar-refractivity contribution in [3.63, 3.8) is 0 Å². The number of nitrogens with two attached hydrogens (primary N) is 2. The molecule has 1 aliphatic rings. The lowest BCUT2D eigenvalue weighted by Gasteiger charge is -2.39. The molecule has 4 N–H and O–H groups in total. The molecule has 116 valence electrons. The molecule has 2 atom stereocenters. The molecule has 1 saturated heterocycles. The molecule has 21 heavy (non-hydrogen) atoms. The molecule has 1 aromatic rings. The summed E-state index contributed by atoms with van der Waals surface area (Å²) in [6.45, 7) is 6.08. The van der Waals surface area contributed by atoms with E-state index in [0.717, 1.165) is 31.7 Å². The molecule has 5 heteroatoms. The molecule has 1 aliphatic heterocycles. The summed E-state index contributed by atoms with van der Waals surface area (Å²) in [5.41, 5.74) is 11.6. The summed E-state index contributed by atoms with van der Waals surface area (Å²) in [6.07, 6.45) is 0.542. The van der Waals surface area contributed by atoms with Gasteiger partial charge in [0.1, 0.15) is 5.54 Å². The Kier molecular flexibility index (Phi) is 4.98. The van der Waals surface area contributed by atoms with Crippen LogP contribution >= 0.6 is 0 Å². The van der Waals surface area contributed by atoms with Crippen molar-refractivity contribution in [3.05, 3.63) is 35.9 Å². The molecule has 1 heterocycles. The monoisotopic (exact) mass is 290 g/mol. The zero-order chi connectivity index (χ0) is 15.5. The highest BCUT2D eigenvalue weighted by Gasteiger charge is 2.35. The number of benzene rings is 1. The SMILES string of the molecule is CC1CN(C)CCN1CCC(N)(C(N)=O)c1ccccc1. The number of piperazine rings is 1. The first kappa shape index (κ1) is 15.9. The molecule has 5 nitrogen and oxygen atoms in total. The first-order chi connectivity index (χ1) is 9.93. The van der Waals surface area contributed by atoms with Crippen molar-refractivity contribution in [3.8, 4) is 0 Å². The van der Waals surface area contributed by atoms with Gasteiger partial charge in [-0.3, -0.25) is 9.69 Å². The van der Waals surface area contributed by atoms with Gasteiger partial charge in [-0.2, -0.15) is 0 Å². The van der Waals surface area contributed by atoms with Crippen molar-refractivity contribution in [2.45, 2.75) is 24.9 Å². The zero-order valence-corrected chi connectivity index (χ0v) is 13.0. The van der Waals surface area contributed by atoms with E-state index in [1.54, 1.807) is 0 Å². The van der Waals surface area contributed by atoms with Gasteiger partial charge in [0.2, 0.25) is 5.91 Å². The number of carbonyl (C=O) groups is 1. The van der Waals surface area contributed by atoms with Crippen molar-refractivity contribution in [1.29, 1.82) is 0 Å². The number of rotatable bonds is 5. The number of likely N-dealkylation sites (N-methyl/N-ethyl adjacent to an activating group) is 1. The second-order valence-electron chi connectivity index (χ2n) is 6.10. The third kappa shape index (κ3) is 3.61. The van der Waals surface area contributed by atoms with Crippen molar-refractivity contribution < 1.29 is 4.79 Å². The molecular weight excluding hydrogens is 264 g/mol. The van der Waals surface area contributed by atoms with Gasteiger partial charge in [0, 0.05) is 32.2 Å². The Hall–Kier alpha value is -1.43. The molecule has 1 aromatic carbocycles. The second-order valence-corrected chi connectivity index (χ2v) is 6.10. The summed E-state index contributed by atoms with van der Waals surface area (Å²) in [4.78, 5) is 16.6. The summed E-state index contributed by atoms with van der Waals surface area (Å²) < 4.78 is 0. The summed E-state index contributed by atoms with van der Waals surface area (Å²) >= 11 is 0. The summed E-state index contributed by atoms with van der Waals surface area (Å²) in [5.74, 6) is -0.463. The van der Waals surface area contributed by atoms with E-state index in [1.165, 1.54) is 0 Å². The molecule has 0 aromatic heterocycles. The standard InChI is InChI=1S/C16H26N4O/c1-13-12-19(2)10-11-20(13)9-8-16(18,15(17)21)14-6-4-3-5-7-14/h3-7,13H,8-12,18H2,1-2H3,(H2,17,21). The van der Waals surface area contributed by atoms with Gasteiger partial charge in [-0.1, -0.05) is 30.3 Å². The Labute approximate surface area is 126 Å². The number of amides is 1. The molecule has 0 saturated carbocycles. The van der Waals surface area contributed by atoms with Crippen LogP contribution in [0.4, 0.5) is 0 Å². The molecule has 0 bridgehead atoms. The molecule has 0 aliphatic carbocycles. The predicted octanol–water partition coefficient (Wildman–Crippen LogP) is 0.352. The van der Waals surface area contributed by atoms with Crippen molar-refractivity contribution in [1.82, 2.24) is 9.80 Å². The minimum absolute atomic E-state index is 0.463. The van der Waals surface area contributed by atoms with E-state index in [1.807, 2.05) is 30.3 Å². The minimum atomic E-state index is -1.09. The molecular formula is C16H26N4O. The largest absolute Gasteiger partial charge is 0.368 e. The first-order valence-electron chi connectivity index (χ1n) is 7.50. The Morgan fingerprint density at radius 3 is 2.57 bits per heavy atom. The van der Waals surface area contributed by atoms with Crippen molar-refractivity contribution >= 4 is 5.91 Å². The fourth-order valence-electron chi connectivity index (χ4n) is 2.97. The highest BCUT2D eigenvalue weighted by atomic mass is 16.1. The van der Waals surface area contributed by atoms with E-state index in [4.69, 9.17) is 11.5 Å². The van der Waals surface area contributed by atoms with E-state index in [2.05, 4.69) is 23.8 Å². The number of nitrogens with zero attached hydrogens (tertiary/aromatic N) is 2. The lowest BCUT2D eigenvalue weighted by Crippen LogP contribution is -2.54. The molecule has 1 amide bonds. The van der Waals surface area contributed by atoms with Crippen LogP contribution in [0, 0.1) is 0 Å². The van der Waals surface area contributed by atoms with Crippen LogP contribution in [0.3, 0.4) is 0 Å². The van der Waals surface area contributed by atoms with E-state index in [9.17, 15) is 4.79 Å². The molecule has 0 radical (unpaired) electrons. The van der Waals surface area contributed by atoms with Crippen molar-refractivity contribution in [2.24, 2.45) is 11.5 Å². The highest BCUT2D eigenvalue weighted by Crippen LogP contribution is 2.23. The number of hydrogen-bond acceptors (Lipinski definition) is 4.